The van der Waals surface area contributed by atoms with Crippen LogP contribution in [0, 0.1) is 5.82 Å². The maximum Gasteiger partial charge on any atom is 0.254 e. The van der Waals surface area contributed by atoms with Crippen LogP contribution >= 0.6 is 11.6 Å². The van der Waals surface area contributed by atoms with Crippen molar-refractivity contribution in [3.8, 4) is 11.3 Å². The summed E-state index contributed by atoms with van der Waals surface area (Å²) in [6.07, 6.45) is 1.51. The molecule has 2 heterocycles. The van der Waals surface area contributed by atoms with Crippen LogP contribution in [-0.4, -0.2) is 47.0 Å². The predicted molar refractivity (Wildman–Crippen MR) is 107 cm³/mol. The maximum atomic E-state index is 13.1. The number of nitrogens with zero attached hydrogens (tertiary/aromatic N) is 4. The van der Waals surface area contributed by atoms with Gasteiger partial charge < -0.3 is 9.80 Å². The number of rotatable bonds is 3. The maximum absolute atomic E-state index is 13.1. The van der Waals surface area contributed by atoms with E-state index in [0.717, 1.165) is 17.1 Å². The van der Waals surface area contributed by atoms with Crippen LogP contribution in [0.2, 0.25) is 5.02 Å². The van der Waals surface area contributed by atoms with Gasteiger partial charge in [-0.25, -0.2) is 14.4 Å². The number of carbonyl (C=O) groups is 1. The average molecular weight is 397 g/mol. The topological polar surface area (TPSA) is 49.3 Å². The van der Waals surface area contributed by atoms with Crippen LogP contribution in [0.15, 0.2) is 60.9 Å². The number of carbonyl (C=O) groups excluding carboxylic acids is 1. The first-order valence-electron chi connectivity index (χ1n) is 8.98. The van der Waals surface area contributed by atoms with Crippen molar-refractivity contribution in [3.63, 3.8) is 0 Å². The van der Waals surface area contributed by atoms with Crippen LogP contribution < -0.4 is 4.90 Å². The molecule has 0 unspecified atom stereocenters. The zero-order valence-electron chi connectivity index (χ0n) is 15.1. The SMILES string of the molecule is O=C(c1cccc(Cl)c1)N1CCN(c2cc(-c3ccc(F)cc3)ncn2)CC1. The monoisotopic (exact) mass is 396 g/mol. The quantitative estimate of drug-likeness (QED) is 0.673. The third-order valence-corrected chi connectivity index (χ3v) is 4.99. The Morgan fingerprint density at radius 3 is 2.43 bits per heavy atom. The molecule has 0 bridgehead atoms. The Labute approximate surface area is 167 Å². The van der Waals surface area contributed by atoms with E-state index in [2.05, 4.69) is 14.9 Å². The molecule has 1 aromatic heterocycles. The summed E-state index contributed by atoms with van der Waals surface area (Å²) >= 11 is 5.99. The molecule has 1 fully saturated rings. The van der Waals surface area contributed by atoms with Gasteiger partial charge >= 0.3 is 0 Å². The van der Waals surface area contributed by atoms with Crippen molar-refractivity contribution in [1.82, 2.24) is 14.9 Å². The van der Waals surface area contributed by atoms with Crippen LogP contribution in [0.3, 0.4) is 0 Å². The number of halogens is 2. The van der Waals surface area contributed by atoms with Gasteiger partial charge in [-0.1, -0.05) is 17.7 Å². The molecule has 0 spiro atoms. The zero-order chi connectivity index (χ0) is 19.5. The van der Waals surface area contributed by atoms with Gasteiger partial charge in [0, 0.05) is 48.4 Å². The van der Waals surface area contributed by atoms with E-state index in [4.69, 9.17) is 11.6 Å². The Bertz CT molecular complexity index is 988. The second kappa shape index (κ2) is 7.94. The standard InChI is InChI=1S/C21H18ClFN4O/c22-17-3-1-2-16(12-17)21(28)27-10-8-26(9-11-27)20-13-19(24-14-25-20)15-4-6-18(23)7-5-15/h1-7,12-14H,8-11H2. The minimum atomic E-state index is -0.279. The lowest BCUT2D eigenvalue weighted by Crippen LogP contribution is -2.49. The number of aromatic nitrogens is 2. The van der Waals surface area contributed by atoms with Crippen molar-refractivity contribution < 1.29 is 9.18 Å². The molecular weight excluding hydrogens is 379 g/mol. The van der Waals surface area contributed by atoms with Crippen molar-refractivity contribution in [2.45, 2.75) is 0 Å². The molecule has 28 heavy (non-hydrogen) atoms. The molecule has 0 aliphatic carbocycles. The molecule has 0 atom stereocenters. The number of amides is 1. The minimum absolute atomic E-state index is 0.0168. The zero-order valence-corrected chi connectivity index (χ0v) is 15.8. The third kappa shape index (κ3) is 3.97. The summed E-state index contributed by atoms with van der Waals surface area (Å²) in [6, 6.07) is 15.1. The number of piperazine rings is 1. The second-order valence-corrected chi connectivity index (χ2v) is 6.99. The van der Waals surface area contributed by atoms with Crippen molar-refractivity contribution in [2.24, 2.45) is 0 Å². The summed E-state index contributed by atoms with van der Waals surface area (Å²) in [5.41, 5.74) is 2.17. The van der Waals surface area contributed by atoms with Crippen LogP contribution in [-0.2, 0) is 0 Å². The largest absolute Gasteiger partial charge is 0.353 e. The van der Waals surface area contributed by atoms with E-state index in [1.165, 1.54) is 18.5 Å². The van der Waals surface area contributed by atoms with Crippen molar-refractivity contribution in [1.29, 1.82) is 0 Å². The lowest BCUT2D eigenvalue weighted by Gasteiger charge is -2.35. The van der Waals surface area contributed by atoms with E-state index in [1.807, 2.05) is 11.0 Å². The van der Waals surface area contributed by atoms with Gasteiger partial charge in [0.05, 0.1) is 5.69 Å². The first-order chi connectivity index (χ1) is 13.6. The minimum Gasteiger partial charge on any atom is -0.353 e. The summed E-state index contributed by atoms with van der Waals surface area (Å²) in [5, 5.41) is 0.554. The highest BCUT2D eigenvalue weighted by Crippen LogP contribution is 2.22. The van der Waals surface area contributed by atoms with Gasteiger partial charge in [-0.15, -0.1) is 0 Å². The fourth-order valence-corrected chi connectivity index (χ4v) is 3.43. The summed E-state index contributed by atoms with van der Waals surface area (Å²) in [7, 11) is 0. The molecule has 1 aliphatic heterocycles. The average Bonchev–Trinajstić information content (AvgIpc) is 2.74. The van der Waals surface area contributed by atoms with E-state index in [0.29, 0.717) is 36.8 Å². The van der Waals surface area contributed by atoms with E-state index in [-0.39, 0.29) is 11.7 Å². The lowest BCUT2D eigenvalue weighted by atomic mass is 10.1. The molecule has 142 valence electrons. The molecular formula is C21H18ClFN4O. The van der Waals surface area contributed by atoms with Gasteiger partial charge in [-0.3, -0.25) is 4.79 Å². The highest BCUT2D eigenvalue weighted by atomic mass is 35.5. The van der Waals surface area contributed by atoms with Gasteiger partial charge in [0.2, 0.25) is 0 Å². The van der Waals surface area contributed by atoms with Gasteiger partial charge in [0.25, 0.3) is 5.91 Å². The summed E-state index contributed by atoms with van der Waals surface area (Å²) < 4.78 is 13.1. The van der Waals surface area contributed by atoms with Crippen LogP contribution in [0.5, 0.6) is 0 Å². The highest BCUT2D eigenvalue weighted by molar-refractivity contribution is 6.30. The van der Waals surface area contributed by atoms with Crippen molar-refractivity contribution in [3.05, 3.63) is 77.3 Å². The molecule has 1 amide bonds. The molecule has 7 heteroatoms. The predicted octanol–water partition coefficient (Wildman–Crippen LogP) is 3.90. The van der Waals surface area contributed by atoms with Crippen LogP contribution in [0.1, 0.15) is 10.4 Å². The molecule has 1 saturated heterocycles. The van der Waals surface area contributed by atoms with Crippen molar-refractivity contribution >= 4 is 23.3 Å². The summed E-state index contributed by atoms with van der Waals surface area (Å²) in [4.78, 5) is 25.3. The second-order valence-electron chi connectivity index (χ2n) is 6.56. The Kier molecular flexibility index (Phi) is 5.21. The molecule has 0 saturated carbocycles. The van der Waals surface area contributed by atoms with Crippen LogP contribution in [0.25, 0.3) is 11.3 Å². The summed E-state index contributed by atoms with van der Waals surface area (Å²) in [6.45, 7) is 2.54. The number of hydrogen-bond acceptors (Lipinski definition) is 4. The number of benzene rings is 2. The van der Waals surface area contributed by atoms with Gasteiger partial charge in [0.1, 0.15) is 18.0 Å². The van der Waals surface area contributed by atoms with Gasteiger partial charge in [-0.05, 0) is 42.5 Å². The van der Waals surface area contributed by atoms with Crippen molar-refractivity contribution in [2.75, 3.05) is 31.1 Å². The summed E-state index contributed by atoms with van der Waals surface area (Å²) in [5.74, 6) is 0.500. The Hall–Kier alpha value is -2.99. The Morgan fingerprint density at radius 2 is 1.71 bits per heavy atom. The number of hydrogen-bond donors (Lipinski definition) is 0. The van der Waals surface area contributed by atoms with E-state index >= 15 is 0 Å². The Balaban J connectivity index is 1.44. The molecule has 2 aromatic carbocycles. The fraction of sp³-hybridized carbons (Fsp3) is 0.190. The van der Waals surface area contributed by atoms with Crippen LogP contribution in [0.4, 0.5) is 10.2 Å². The van der Waals surface area contributed by atoms with Gasteiger partial charge in [0.15, 0.2) is 0 Å². The highest BCUT2D eigenvalue weighted by Gasteiger charge is 2.23. The van der Waals surface area contributed by atoms with E-state index in [9.17, 15) is 9.18 Å². The normalized spacial score (nSPS) is 14.2. The lowest BCUT2D eigenvalue weighted by molar-refractivity contribution is 0.0746. The Morgan fingerprint density at radius 1 is 0.964 bits per heavy atom. The molecule has 4 rings (SSSR count). The van der Waals surface area contributed by atoms with E-state index in [1.54, 1.807) is 36.4 Å². The molecule has 0 radical (unpaired) electrons. The number of anilines is 1. The first kappa shape index (κ1) is 18.4. The molecule has 0 N–H and O–H groups in total. The molecule has 5 nitrogen and oxygen atoms in total. The third-order valence-electron chi connectivity index (χ3n) is 4.76. The molecule has 3 aromatic rings. The first-order valence-corrected chi connectivity index (χ1v) is 9.36. The smallest absolute Gasteiger partial charge is 0.254 e. The molecule has 1 aliphatic rings. The fourth-order valence-electron chi connectivity index (χ4n) is 3.24. The van der Waals surface area contributed by atoms with Gasteiger partial charge in [-0.2, -0.15) is 0 Å². The van der Waals surface area contributed by atoms with E-state index < -0.39 is 0 Å².